The largest absolute Gasteiger partial charge is 0.247 e. The number of nitrogens with zero attached hydrogens (tertiary/aromatic N) is 1. The Hall–Kier alpha value is -2.93. The molecule has 1 heterocycles. The quantitative estimate of drug-likeness (QED) is 0.361. The van der Waals surface area contributed by atoms with Crippen LogP contribution in [-0.4, -0.2) is 4.98 Å². The van der Waals surface area contributed by atoms with E-state index in [0.29, 0.717) is 0 Å². The van der Waals surface area contributed by atoms with Gasteiger partial charge >= 0.3 is 0 Å². The van der Waals surface area contributed by atoms with Gasteiger partial charge in [0.2, 0.25) is 0 Å². The highest BCUT2D eigenvalue weighted by Crippen LogP contribution is 2.50. The predicted molar refractivity (Wildman–Crippen MR) is 101 cm³/mol. The van der Waals surface area contributed by atoms with Crippen molar-refractivity contribution in [3.63, 3.8) is 0 Å². The van der Waals surface area contributed by atoms with Crippen LogP contribution in [0, 0.1) is 13.8 Å². The predicted octanol–water partition coefficient (Wildman–Crippen LogP) is 6.17. The number of hydrogen-bond donors (Lipinski definition) is 0. The third kappa shape index (κ3) is 1.67. The number of aromatic nitrogens is 1. The minimum atomic E-state index is 1.09. The summed E-state index contributed by atoms with van der Waals surface area (Å²) in [6.07, 6.45) is 0. The summed E-state index contributed by atoms with van der Waals surface area (Å²) in [5.74, 6) is 0. The number of hydrogen-bond acceptors (Lipinski definition) is 1. The van der Waals surface area contributed by atoms with Crippen molar-refractivity contribution < 1.29 is 0 Å². The van der Waals surface area contributed by atoms with Crippen molar-refractivity contribution in [3.05, 3.63) is 77.9 Å². The molecule has 0 fully saturated rings. The van der Waals surface area contributed by atoms with E-state index in [2.05, 4.69) is 80.6 Å². The molecule has 3 aromatic carbocycles. The van der Waals surface area contributed by atoms with Crippen LogP contribution in [0.5, 0.6) is 0 Å². The minimum absolute atomic E-state index is 1.09. The highest BCUT2D eigenvalue weighted by molar-refractivity contribution is 6.17. The molecule has 0 saturated carbocycles. The van der Waals surface area contributed by atoms with Crippen molar-refractivity contribution in [2.45, 2.75) is 13.8 Å². The van der Waals surface area contributed by atoms with Gasteiger partial charge in [0.1, 0.15) is 0 Å². The second-order valence-corrected chi connectivity index (χ2v) is 6.52. The van der Waals surface area contributed by atoms with E-state index in [-0.39, 0.29) is 0 Å². The van der Waals surface area contributed by atoms with Gasteiger partial charge in [0.25, 0.3) is 0 Å². The first-order valence-corrected chi connectivity index (χ1v) is 8.35. The number of pyridine rings is 1. The smallest absolute Gasteiger partial charge is 0.0745 e. The Bertz CT molecular complexity index is 1110. The Kier molecular flexibility index (Phi) is 2.69. The van der Waals surface area contributed by atoms with E-state index in [1.807, 2.05) is 0 Å². The summed E-state index contributed by atoms with van der Waals surface area (Å²) in [5.41, 5.74) is 11.3. The molecule has 0 bridgehead atoms. The number of benzene rings is 3. The van der Waals surface area contributed by atoms with E-state index in [1.54, 1.807) is 0 Å². The molecule has 0 saturated heterocycles. The molecule has 0 aliphatic heterocycles. The summed E-state index contributed by atoms with van der Waals surface area (Å²) >= 11 is 0. The van der Waals surface area contributed by atoms with Gasteiger partial charge < -0.3 is 0 Å². The summed E-state index contributed by atoms with van der Waals surface area (Å²) in [6, 6.07) is 23.6. The Balaban J connectivity index is 1.98. The Morgan fingerprint density at radius 1 is 0.667 bits per heavy atom. The molecule has 0 unspecified atom stereocenters. The molecule has 0 atom stereocenters. The van der Waals surface area contributed by atoms with Gasteiger partial charge in [-0.3, -0.25) is 0 Å². The minimum Gasteiger partial charge on any atom is -0.247 e. The zero-order valence-electron chi connectivity index (χ0n) is 13.8. The first kappa shape index (κ1) is 13.5. The molecule has 0 spiro atoms. The van der Waals surface area contributed by atoms with Crippen LogP contribution in [0.2, 0.25) is 0 Å². The molecule has 5 rings (SSSR count). The van der Waals surface area contributed by atoms with Crippen LogP contribution in [0.3, 0.4) is 0 Å². The van der Waals surface area contributed by atoms with Gasteiger partial charge in [-0.1, -0.05) is 60.7 Å². The van der Waals surface area contributed by atoms with E-state index in [1.165, 1.54) is 44.3 Å². The monoisotopic (exact) mass is 307 g/mol. The highest BCUT2D eigenvalue weighted by atomic mass is 14.7. The highest BCUT2D eigenvalue weighted by Gasteiger charge is 2.26. The molecule has 0 radical (unpaired) electrons. The van der Waals surface area contributed by atoms with Gasteiger partial charge in [0, 0.05) is 10.9 Å². The van der Waals surface area contributed by atoms with Crippen LogP contribution in [0.25, 0.3) is 44.4 Å². The lowest BCUT2D eigenvalue weighted by Crippen LogP contribution is -1.93. The van der Waals surface area contributed by atoms with Gasteiger partial charge in [-0.15, -0.1) is 0 Å². The van der Waals surface area contributed by atoms with E-state index < -0.39 is 0 Å². The summed E-state index contributed by atoms with van der Waals surface area (Å²) in [5, 5.41) is 1.31. The molecule has 24 heavy (non-hydrogen) atoms. The maximum atomic E-state index is 5.03. The topological polar surface area (TPSA) is 12.9 Å². The molecule has 1 nitrogen and oxygen atoms in total. The fourth-order valence-electron chi connectivity index (χ4n) is 4.03. The molecule has 0 amide bonds. The molecule has 1 aliphatic carbocycles. The number of aryl methyl sites for hydroxylation is 1. The van der Waals surface area contributed by atoms with E-state index >= 15 is 0 Å². The summed E-state index contributed by atoms with van der Waals surface area (Å²) < 4.78 is 0. The lowest BCUT2D eigenvalue weighted by atomic mass is 9.96. The van der Waals surface area contributed by atoms with Crippen molar-refractivity contribution in [3.8, 4) is 33.5 Å². The Labute approximate surface area is 141 Å². The van der Waals surface area contributed by atoms with Crippen LogP contribution < -0.4 is 0 Å². The number of rotatable bonds is 1. The Morgan fingerprint density at radius 2 is 1.33 bits per heavy atom. The maximum absolute atomic E-state index is 5.03. The van der Waals surface area contributed by atoms with Gasteiger partial charge in [0.15, 0.2) is 0 Å². The lowest BCUT2D eigenvalue weighted by molar-refractivity contribution is 1.33. The van der Waals surface area contributed by atoms with Crippen LogP contribution in [0.4, 0.5) is 0 Å². The van der Waals surface area contributed by atoms with Gasteiger partial charge in [-0.2, -0.15) is 0 Å². The number of fused-ring (bicyclic) bond motifs is 3. The van der Waals surface area contributed by atoms with Crippen LogP contribution >= 0.6 is 0 Å². The van der Waals surface area contributed by atoms with E-state index in [9.17, 15) is 0 Å². The van der Waals surface area contributed by atoms with Gasteiger partial charge in [-0.05, 0) is 53.3 Å². The molecular formula is C23H17N. The van der Waals surface area contributed by atoms with Crippen LogP contribution in [0.1, 0.15) is 11.1 Å². The van der Waals surface area contributed by atoms with Crippen LogP contribution in [-0.2, 0) is 0 Å². The normalized spacial score (nSPS) is 11.8. The third-order valence-electron chi connectivity index (χ3n) is 5.12. The average molecular weight is 307 g/mol. The molecule has 1 aliphatic rings. The molecular weight excluding hydrogens is 290 g/mol. The van der Waals surface area contributed by atoms with Gasteiger partial charge in [0.05, 0.1) is 11.2 Å². The SMILES string of the molecule is Cc1ccc2nc(-c3ccccc3)c(C)c3c2c1-c1ccccc1-3. The standard InChI is InChI=1S/C23H17N/c1-14-12-13-19-22-20(14)17-10-6-7-11-18(17)21(22)15(2)23(24-19)16-8-4-3-5-9-16/h3-13H,1-2H3. The van der Waals surface area contributed by atoms with Crippen molar-refractivity contribution in [2.24, 2.45) is 0 Å². The zero-order valence-corrected chi connectivity index (χ0v) is 13.8. The van der Waals surface area contributed by atoms with Crippen molar-refractivity contribution >= 4 is 10.9 Å². The van der Waals surface area contributed by atoms with Crippen molar-refractivity contribution in [1.82, 2.24) is 4.98 Å². The maximum Gasteiger partial charge on any atom is 0.0745 e. The first-order chi connectivity index (χ1) is 11.8. The second kappa shape index (κ2) is 4.78. The van der Waals surface area contributed by atoms with E-state index in [0.717, 1.165) is 11.2 Å². The third-order valence-corrected chi connectivity index (χ3v) is 5.12. The fourth-order valence-corrected chi connectivity index (χ4v) is 4.03. The summed E-state index contributed by atoms with van der Waals surface area (Å²) in [7, 11) is 0. The summed E-state index contributed by atoms with van der Waals surface area (Å²) in [6.45, 7) is 4.40. The lowest BCUT2D eigenvalue weighted by Gasteiger charge is -2.12. The van der Waals surface area contributed by atoms with Gasteiger partial charge in [-0.25, -0.2) is 4.98 Å². The molecule has 4 aromatic rings. The van der Waals surface area contributed by atoms with Crippen molar-refractivity contribution in [1.29, 1.82) is 0 Å². The summed E-state index contributed by atoms with van der Waals surface area (Å²) in [4.78, 5) is 5.03. The van der Waals surface area contributed by atoms with E-state index in [4.69, 9.17) is 4.98 Å². The first-order valence-electron chi connectivity index (χ1n) is 8.35. The molecule has 1 aromatic heterocycles. The fraction of sp³-hybridized carbons (Fsp3) is 0.0870. The average Bonchev–Trinajstić information content (AvgIpc) is 2.98. The molecule has 114 valence electrons. The Morgan fingerprint density at radius 3 is 2.08 bits per heavy atom. The molecule has 0 N–H and O–H groups in total. The van der Waals surface area contributed by atoms with Crippen molar-refractivity contribution in [2.75, 3.05) is 0 Å². The van der Waals surface area contributed by atoms with Crippen LogP contribution in [0.15, 0.2) is 66.7 Å². The molecule has 1 heteroatoms. The zero-order chi connectivity index (χ0) is 16.3. The second-order valence-electron chi connectivity index (χ2n) is 6.52.